The second-order valence-corrected chi connectivity index (χ2v) is 3.91. The summed E-state index contributed by atoms with van der Waals surface area (Å²) in [6.07, 6.45) is 4.79. The van der Waals surface area contributed by atoms with Crippen LogP contribution in [0.3, 0.4) is 0 Å². The smallest absolute Gasteiger partial charge is 0.0572 e. The molecule has 1 heterocycles. The van der Waals surface area contributed by atoms with Crippen molar-refractivity contribution in [1.82, 2.24) is 5.32 Å². The van der Waals surface area contributed by atoms with Gasteiger partial charge in [0, 0.05) is 0 Å². The number of aliphatic hydroxyl groups is 1. The van der Waals surface area contributed by atoms with E-state index < -0.39 is 0 Å². The molecule has 0 amide bonds. The van der Waals surface area contributed by atoms with E-state index in [-0.39, 0.29) is 13.5 Å². The predicted molar refractivity (Wildman–Crippen MR) is 51.1 cm³/mol. The van der Waals surface area contributed by atoms with Crippen molar-refractivity contribution in [3.05, 3.63) is 0 Å². The lowest BCUT2D eigenvalue weighted by molar-refractivity contribution is 0.0167. The van der Waals surface area contributed by atoms with Gasteiger partial charge in [0.05, 0.1) is 6.10 Å². The summed E-state index contributed by atoms with van der Waals surface area (Å²) in [5.74, 6) is 1.39. The molecular formula is C10H21NO. The van der Waals surface area contributed by atoms with Crippen molar-refractivity contribution >= 4 is 0 Å². The number of hydrogen-bond acceptors (Lipinski definition) is 2. The van der Waals surface area contributed by atoms with E-state index in [9.17, 15) is 5.11 Å². The van der Waals surface area contributed by atoms with Crippen molar-refractivity contribution in [3.63, 3.8) is 0 Å². The van der Waals surface area contributed by atoms with Crippen LogP contribution in [0.4, 0.5) is 0 Å². The summed E-state index contributed by atoms with van der Waals surface area (Å²) >= 11 is 0. The van der Waals surface area contributed by atoms with Gasteiger partial charge in [-0.05, 0) is 44.2 Å². The average Bonchev–Trinajstić information content (AvgIpc) is 2.06. The van der Waals surface area contributed by atoms with E-state index in [2.05, 4.69) is 5.32 Å². The summed E-state index contributed by atoms with van der Waals surface area (Å²) in [5.41, 5.74) is 0. The normalized spacial score (nSPS) is 41.2. The molecule has 0 aromatic carbocycles. The van der Waals surface area contributed by atoms with Crippen LogP contribution in [0.1, 0.15) is 33.1 Å². The topological polar surface area (TPSA) is 32.3 Å². The van der Waals surface area contributed by atoms with Crippen LogP contribution in [0, 0.1) is 11.8 Å². The van der Waals surface area contributed by atoms with Crippen molar-refractivity contribution in [2.45, 2.75) is 39.2 Å². The van der Waals surface area contributed by atoms with Gasteiger partial charge < -0.3 is 10.4 Å². The average molecular weight is 171 g/mol. The maximum Gasteiger partial charge on any atom is 0.0572 e. The molecule has 3 atom stereocenters. The lowest BCUT2D eigenvalue weighted by Gasteiger charge is -2.39. The van der Waals surface area contributed by atoms with Crippen molar-refractivity contribution < 1.29 is 5.11 Å². The molecular weight excluding hydrogens is 150 g/mol. The zero-order valence-corrected chi connectivity index (χ0v) is 6.92. The summed E-state index contributed by atoms with van der Waals surface area (Å²) in [6, 6.07) is 0. The van der Waals surface area contributed by atoms with E-state index in [0.717, 1.165) is 25.4 Å². The number of fused-ring (bicyclic) bond motifs is 1. The zero-order valence-electron chi connectivity index (χ0n) is 6.92. The Bertz CT molecular complexity index is 136. The highest BCUT2D eigenvalue weighted by Crippen LogP contribution is 2.33. The first-order valence-corrected chi connectivity index (χ1v) is 4.76. The molecule has 1 aliphatic carbocycles. The van der Waals surface area contributed by atoms with Crippen LogP contribution in [-0.4, -0.2) is 24.3 Å². The van der Waals surface area contributed by atoms with Crippen LogP contribution < -0.4 is 5.32 Å². The number of piperidine rings is 1. The molecule has 0 aromatic rings. The third-order valence-corrected chi connectivity index (χ3v) is 3.24. The number of hydrogen-bond donors (Lipinski definition) is 2. The highest BCUT2D eigenvalue weighted by Gasteiger charge is 2.33. The molecule has 2 fully saturated rings. The molecule has 0 aromatic heterocycles. The van der Waals surface area contributed by atoms with Gasteiger partial charge in [-0.15, -0.1) is 0 Å². The van der Waals surface area contributed by atoms with Crippen molar-refractivity contribution in [1.29, 1.82) is 0 Å². The van der Waals surface area contributed by atoms with Gasteiger partial charge in [-0.1, -0.05) is 13.8 Å². The summed E-state index contributed by atoms with van der Waals surface area (Å²) in [7, 11) is 0. The lowest BCUT2D eigenvalue weighted by Crippen LogP contribution is -2.44. The highest BCUT2D eigenvalue weighted by molar-refractivity contribution is 4.86. The second-order valence-electron chi connectivity index (χ2n) is 3.91. The molecule has 72 valence electrons. The third-order valence-electron chi connectivity index (χ3n) is 3.24. The molecule has 12 heavy (non-hydrogen) atoms. The highest BCUT2D eigenvalue weighted by atomic mass is 16.3. The molecule has 1 aliphatic heterocycles. The van der Waals surface area contributed by atoms with Crippen LogP contribution in [0.25, 0.3) is 0 Å². The lowest BCUT2D eigenvalue weighted by atomic mass is 9.74. The maximum atomic E-state index is 9.68. The van der Waals surface area contributed by atoms with E-state index >= 15 is 0 Å². The largest absolute Gasteiger partial charge is 0.393 e. The Morgan fingerprint density at radius 2 is 2.00 bits per heavy atom. The van der Waals surface area contributed by atoms with Gasteiger partial charge in [0.2, 0.25) is 0 Å². The second kappa shape index (κ2) is 4.24. The van der Waals surface area contributed by atoms with Crippen molar-refractivity contribution in [2.24, 2.45) is 11.8 Å². The van der Waals surface area contributed by atoms with E-state index in [1.165, 1.54) is 19.3 Å². The van der Waals surface area contributed by atoms with Gasteiger partial charge in [-0.2, -0.15) is 0 Å². The fourth-order valence-electron chi connectivity index (χ4n) is 2.57. The molecule has 2 N–H and O–H groups in total. The van der Waals surface area contributed by atoms with E-state index in [1.807, 2.05) is 0 Å². The zero-order chi connectivity index (χ0) is 7.68. The van der Waals surface area contributed by atoms with E-state index in [4.69, 9.17) is 0 Å². The summed E-state index contributed by atoms with van der Waals surface area (Å²) in [5, 5.41) is 13.1. The van der Waals surface area contributed by atoms with Crippen LogP contribution in [0.15, 0.2) is 0 Å². The molecule has 0 bridgehead atoms. The first-order chi connectivity index (χ1) is 5.38. The Hall–Kier alpha value is -0.0800. The minimum absolute atomic E-state index is 0. The van der Waals surface area contributed by atoms with Gasteiger partial charge in [0.1, 0.15) is 0 Å². The number of rotatable bonds is 0. The van der Waals surface area contributed by atoms with Crippen LogP contribution in [-0.2, 0) is 0 Å². The first kappa shape index (κ1) is 10.0. The first-order valence-electron chi connectivity index (χ1n) is 4.76. The van der Waals surface area contributed by atoms with Gasteiger partial charge in [-0.25, -0.2) is 0 Å². The van der Waals surface area contributed by atoms with Crippen molar-refractivity contribution in [3.8, 4) is 0 Å². The Labute approximate surface area is 75.4 Å². The van der Waals surface area contributed by atoms with Crippen LogP contribution in [0.5, 0.6) is 0 Å². The van der Waals surface area contributed by atoms with Gasteiger partial charge >= 0.3 is 0 Å². The molecule has 3 unspecified atom stereocenters. The van der Waals surface area contributed by atoms with Gasteiger partial charge in [-0.3, -0.25) is 0 Å². The maximum absolute atomic E-state index is 9.68. The minimum atomic E-state index is 0. The number of aliphatic hydroxyl groups excluding tert-OH is 1. The van der Waals surface area contributed by atoms with Gasteiger partial charge in [0.15, 0.2) is 0 Å². The van der Waals surface area contributed by atoms with E-state index in [1.54, 1.807) is 0 Å². The Morgan fingerprint density at radius 1 is 1.17 bits per heavy atom. The van der Waals surface area contributed by atoms with E-state index in [0.29, 0.717) is 5.92 Å². The van der Waals surface area contributed by atoms with Crippen molar-refractivity contribution in [2.75, 3.05) is 13.1 Å². The minimum Gasteiger partial charge on any atom is -0.393 e. The molecule has 2 rings (SSSR count). The fraction of sp³-hybridized carbons (Fsp3) is 1.00. The Morgan fingerprint density at radius 3 is 2.75 bits per heavy atom. The third kappa shape index (κ3) is 1.80. The molecule has 1 saturated heterocycles. The molecule has 0 spiro atoms. The Balaban J connectivity index is 0.000000720. The molecule has 1 saturated carbocycles. The number of nitrogens with one attached hydrogen (secondary N) is 1. The van der Waals surface area contributed by atoms with Gasteiger partial charge in [0.25, 0.3) is 0 Å². The molecule has 2 nitrogen and oxygen atoms in total. The van der Waals surface area contributed by atoms with Crippen LogP contribution >= 0.6 is 0 Å². The van der Waals surface area contributed by atoms with Crippen LogP contribution in [0.2, 0.25) is 0 Å². The summed E-state index contributed by atoms with van der Waals surface area (Å²) in [4.78, 5) is 0. The monoisotopic (exact) mass is 171 g/mol. The predicted octanol–water partition coefficient (Wildman–Crippen LogP) is 1.39. The summed E-state index contributed by atoms with van der Waals surface area (Å²) < 4.78 is 0. The Kier molecular flexibility index (Phi) is 3.53. The molecule has 2 heteroatoms. The standard InChI is InChI=1S/C9H17NO.CH4/c11-9-3-1-2-7-6-10-5-4-8(7)9;/h7-11H,1-6H2;1H4. The summed E-state index contributed by atoms with van der Waals surface area (Å²) in [6.45, 7) is 2.25. The molecule has 2 aliphatic rings. The SMILES string of the molecule is C.OC1CCCC2CNCCC12. The quantitative estimate of drug-likeness (QED) is 0.577. The fourth-order valence-corrected chi connectivity index (χ4v) is 2.57. The molecule has 0 radical (unpaired) electrons.